The smallest absolute Gasteiger partial charge is 0.339 e. The van der Waals surface area contributed by atoms with E-state index in [9.17, 15) is 9.59 Å². The zero-order valence-electron chi connectivity index (χ0n) is 19.7. The Hall–Kier alpha value is -3.81. The molecule has 0 atom stereocenters. The predicted molar refractivity (Wildman–Crippen MR) is 125 cm³/mol. The maximum Gasteiger partial charge on any atom is 0.339 e. The molecule has 2 aromatic carbocycles. The molecular formula is C25H28N2O6. The van der Waals surface area contributed by atoms with E-state index in [1.807, 2.05) is 32.0 Å². The number of pyridine rings is 1. The van der Waals surface area contributed by atoms with Crippen molar-refractivity contribution in [1.29, 1.82) is 0 Å². The van der Waals surface area contributed by atoms with Crippen LogP contribution < -0.4 is 14.2 Å². The number of fused-ring (bicyclic) bond motifs is 1. The summed E-state index contributed by atoms with van der Waals surface area (Å²) in [6.07, 6.45) is 0. The van der Waals surface area contributed by atoms with Crippen LogP contribution in [-0.4, -0.2) is 62.8 Å². The maximum atomic E-state index is 13.0. The van der Waals surface area contributed by atoms with E-state index in [-0.39, 0.29) is 18.6 Å². The van der Waals surface area contributed by atoms with Crippen LogP contribution in [0.15, 0.2) is 42.5 Å². The molecule has 0 bridgehead atoms. The zero-order valence-corrected chi connectivity index (χ0v) is 19.7. The van der Waals surface area contributed by atoms with Gasteiger partial charge in [0.25, 0.3) is 5.91 Å². The molecule has 0 spiro atoms. The number of likely N-dealkylation sites (N-methyl/N-ethyl adjacent to an activating group) is 1. The van der Waals surface area contributed by atoms with Gasteiger partial charge in [0.1, 0.15) is 0 Å². The molecule has 3 rings (SSSR count). The Balaban J connectivity index is 2.05. The largest absolute Gasteiger partial charge is 0.493 e. The van der Waals surface area contributed by atoms with Gasteiger partial charge >= 0.3 is 5.97 Å². The summed E-state index contributed by atoms with van der Waals surface area (Å²) in [5.41, 5.74) is 2.11. The van der Waals surface area contributed by atoms with E-state index in [2.05, 4.69) is 0 Å². The third kappa shape index (κ3) is 5.00. The molecule has 3 aromatic rings. The third-order valence-corrected chi connectivity index (χ3v) is 5.39. The number of hydrogen-bond acceptors (Lipinski definition) is 7. The Morgan fingerprint density at radius 1 is 0.970 bits per heavy atom. The van der Waals surface area contributed by atoms with E-state index in [1.165, 1.54) is 26.2 Å². The van der Waals surface area contributed by atoms with Crippen LogP contribution >= 0.6 is 0 Å². The molecule has 8 heteroatoms. The van der Waals surface area contributed by atoms with E-state index < -0.39 is 5.97 Å². The summed E-state index contributed by atoms with van der Waals surface area (Å²) >= 11 is 0. The molecule has 0 radical (unpaired) electrons. The number of benzene rings is 2. The molecule has 8 nitrogen and oxygen atoms in total. The second-order valence-electron chi connectivity index (χ2n) is 7.66. The lowest BCUT2D eigenvalue weighted by Crippen LogP contribution is -2.36. The van der Waals surface area contributed by atoms with Gasteiger partial charge in [-0.05, 0) is 38.1 Å². The number of carbonyl (C=O) groups is 2. The number of para-hydroxylation sites is 1. The number of amides is 1. The van der Waals surface area contributed by atoms with Crippen LogP contribution in [0.3, 0.4) is 0 Å². The van der Waals surface area contributed by atoms with Crippen LogP contribution in [-0.2, 0) is 9.53 Å². The molecule has 0 aliphatic carbocycles. The minimum atomic E-state index is -0.604. The van der Waals surface area contributed by atoms with Gasteiger partial charge in [0.05, 0.1) is 38.1 Å². The molecule has 0 unspecified atom stereocenters. The van der Waals surface area contributed by atoms with Gasteiger partial charge in [0.2, 0.25) is 5.75 Å². The van der Waals surface area contributed by atoms with E-state index in [0.717, 1.165) is 0 Å². The van der Waals surface area contributed by atoms with Crippen molar-refractivity contribution in [2.45, 2.75) is 19.9 Å². The monoisotopic (exact) mass is 452 g/mol. The number of nitrogens with zero attached hydrogens (tertiary/aromatic N) is 2. The van der Waals surface area contributed by atoms with E-state index in [1.54, 1.807) is 31.3 Å². The summed E-state index contributed by atoms with van der Waals surface area (Å²) in [4.78, 5) is 31.5. The minimum Gasteiger partial charge on any atom is -0.493 e. The summed E-state index contributed by atoms with van der Waals surface area (Å²) < 4.78 is 21.6. The van der Waals surface area contributed by atoms with Gasteiger partial charge < -0.3 is 23.8 Å². The summed E-state index contributed by atoms with van der Waals surface area (Å²) in [6.45, 7) is 3.43. The lowest BCUT2D eigenvalue weighted by Gasteiger charge is -2.21. The molecule has 0 aliphatic rings. The molecule has 0 aliphatic heterocycles. The van der Waals surface area contributed by atoms with Crippen LogP contribution in [0.1, 0.15) is 24.2 Å². The third-order valence-electron chi connectivity index (χ3n) is 5.39. The molecule has 1 amide bonds. The summed E-state index contributed by atoms with van der Waals surface area (Å²) in [6, 6.07) is 12.4. The van der Waals surface area contributed by atoms with Gasteiger partial charge in [-0.1, -0.05) is 18.2 Å². The van der Waals surface area contributed by atoms with Gasteiger partial charge in [0, 0.05) is 24.0 Å². The Kier molecular flexibility index (Phi) is 7.37. The highest BCUT2D eigenvalue weighted by atomic mass is 16.5. The van der Waals surface area contributed by atoms with E-state index in [0.29, 0.717) is 45.0 Å². The van der Waals surface area contributed by atoms with Crippen molar-refractivity contribution in [1.82, 2.24) is 9.88 Å². The minimum absolute atomic E-state index is 0.00425. The van der Waals surface area contributed by atoms with Crippen LogP contribution in [0.4, 0.5) is 0 Å². The number of ether oxygens (including phenoxy) is 4. The topological polar surface area (TPSA) is 87.2 Å². The van der Waals surface area contributed by atoms with Crippen molar-refractivity contribution in [2.24, 2.45) is 0 Å². The second kappa shape index (κ2) is 10.2. The number of aromatic nitrogens is 1. The van der Waals surface area contributed by atoms with Crippen molar-refractivity contribution in [3.8, 4) is 28.5 Å². The Morgan fingerprint density at radius 2 is 1.61 bits per heavy atom. The van der Waals surface area contributed by atoms with Crippen molar-refractivity contribution < 1.29 is 28.5 Å². The first-order chi connectivity index (χ1) is 15.8. The van der Waals surface area contributed by atoms with Crippen molar-refractivity contribution in [3.05, 3.63) is 48.0 Å². The second-order valence-corrected chi connectivity index (χ2v) is 7.66. The van der Waals surface area contributed by atoms with Gasteiger partial charge in [-0.3, -0.25) is 4.79 Å². The average molecular weight is 453 g/mol. The molecule has 0 saturated carbocycles. The highest BCUT2D eigenvalue weighted by Crippen LogP contribution is 2.41. The number of rotatable bonds is 8. The molecule has 1 aromatic heterocycles. The molecular weight excluding hydrogens is 424 g/mol. The fourth-order valence-electron chi connectivity index (χ4n) is 3.32. The van der Waals surface area contributed by atoms with Gasteiger partial charge in [0.15, 0.2) is 18.1 Å². The highest BCUT2D eigenvalue weighted by molar-refractivity contribution is 6.05. The first-order valence-electron chi connectivity index (χ1n) is 10.4. The summed E-state index contributed by atoms with van der Waals surface area (Å²) in [7, 11) is 6.26. The first-order valence-corrected chi connectivity index (χ1v) is 10.4. The number of esters is 1. The predicted octanol–water partition coefficient (Wildman–Crippen LogP) is 3.95. The lowest BCUT2D eigenvalue weighted by molar-refractivity contribution is -0.134. The highest BCUT2D eigenvalue weighted by Gasteiger charge is 2.20. The number of hydrogen-bond donors (Lipinski definition) is 0. The molecule has 0 N–H and O–H groups in total. The van der Waals surface area contributed by atoms with Crippen LogP contribution in [0, 0.1) is 0 Å². The average Bonchev–Trinajstić information content (AvgIpc) is 2.84. The molecule has 0 fully saturated rings. The van der Waals surface area contributed by atoms with Crippen molar-refractivity contribution >= 4 is 22.8 Å². The van der Waals surface area contributed by atoms with Crippen LogP contribution in [0.5, 0.6) is 17.2 Å². The fourth-order valence-corrected chi connectivity index (χ4v) is 3.32. The maximum absolute atomic E-state index is 13.0. The van der Waals surface area contributed by atoms with Crippen LogP contribution in [0.2, 0.25) is 0 Å². The molecule has 1 heterocycles. The summed E-state index contributed by atoms with van der Waals surface area (Å²) in [5.74, 6) is 0.507. The number of carbonyl (C=O) groups excluding carboxylic acids is 2. The SMILES string of the molecule is COc1cc(-c2cc(C(=O)OCC(=O)N(C)C(C)C)c3ccccc3n2)cc(OC)c1OC. The van der Waals surface area contributed by atoms with E-state index >= 15 is 0 Å². The first kappa shape index (κ1) is 23.8. The standard InChI is InChI=1S/C25H28N2O6/c1-15(2)27(3)23(28)14-33-25(29)18-13-20(26-19-10-8-7-9-17(18)19)16-11-21(30-4)24(32-6)22(12-16)31-5/h7-13,15H,14H2,1-6H3. The molecule has 33 heavy (non-hydrogen) atoms. The Morgan fingerprint density at radius 3 is 2.18 bits per heavy atom. The van der Waals surface area contributed by atoms with Crippen LogP contribution in [0.25, 0.3) is 22.2 Å². The normalized spacial score (nSPS) is 10.8. The molecule has 0 saturated heterocycles. The zero-order chi connectivity index (χ0) is 24.1. The fraction of sp³-hybridized carbons (Fsp3) is 0.320. The van der Waals surface area contributed by atoms with E-state index in [4.69, 9.17) is 23.9 Å². The molecule has 174 valence electrons. The van der Waals surface area contributed by atoms with Crippen molar-refractivity contribution in [3.63, 3.8) is 0 Å². The van der Waals surface area contributed by atoms with Gasteiger partial charge in [-0.25, -0.2) is 9.78 Å². The Bertz CT molecular complexity index is 1150. The quantitative estimate of drug-likeness (QED) is 0.478. The lowest BCUT2D eigenvalue weighted by atomic mass is 10.0. The van der Waals surface area contributed by atoms with Crippen molar-refractivity contribution in [2.75, 3.05) is 35.0 Å². The Labute approximate surface area is 193 Å². The summed E-state index contributed by atoms with van der Waals surface area (Å²) in [5, 5.41) is 0.628. The number of methoxy groups -OCH3 is 3. The van der Waals surface area contributed by atoms with Gasteiger partial charge in [-0.15, -0.1) is 0 Å². The van der Waals surface area contributed by atoms with Gasteiger partial charge in [-0.2, -0.15) is 0 Å².